The van der Waals surface area contributed by atoms with Crippen LogP contribution in [0.3, 0.4) is 0 Å². The molecule has 3 rings (SSSR count). The molecule has 37 heavy (non-hydrogen) atoms. The molecular formula is C29H37N5O3. The summed E-state index contributed by atoms with van der Waals surface area (Å²) in [6.45, 7) is 5.97. The zero-order valence-corrected chi connectivity index (χ0v) is 22.3. The number of carbonyl (C=O) groups is 3. The Labute approximate surface area is 219 Å². The van der Waals surface area contributed by atoms with Gasteiger partial charge in [-0.2, -0.15) is 0 Å². The summed E-state index contributed by atoms with van der Waals surface area (Å²) in [5.74, 6) is -0.126. The molecule has 1 aromatic heterocycles. The standard InChI is InChI=1S/C29H37N5O3/c1-29(2,3)28(37)31-24(16-10-13-21-11-7-6-8-12-21)26(35)32-25-19-34(20-30-25)18-22-14-9-15-23(17-22)27(36)33(4)5/h6-9,11-12,14-15,17,19-20,24H,10,13,16,18H2,1-5H3,(H,31,37)(H,32,35). The Morgan fingerprint density at radius 1 is 1.00 bits per heavy atom. The van der Waals surface area contributed by atoms with Gasteiger partial charge in [0, 0.05) is 37.8 Å². The molecule has 1 heterocycles. The van der Waals surface area contributed by atoms with Crippen molar-refractivity contribution >= 4 is 23.5 Å². The molecule has 0 aliphatic carbocycles. The minimum Gasteiger partial charge on any atom is -0.345 e. The van der Waals surface area contributed by atoms with Crippen molar-refractivity contribution in [3.63, 3.8) is 0 Å². The highest BCUT2D eigenvalue weighted by molar-refractivity contribution is 5.97. The zero-order chi connectivity index (χ0) is 27.0. The van der Waals surface area contributed by atoms with Gasteiger partial charge in [0.1, 0.15) is 6.04 Å². The summed E-state index contributed by atoms with van der Waals surface area (Å²) in [4.78, 5) is 43.9. The maximum atomic E-state index is 13.2. The first-order valence-electron chi connectivity index (χ1n) is 12.5. The number of imidazole rings is 1. The van der Waals surface area contributed by atoms with Crippen LogP contribution in [0.5, 0.6) is 0 Å². The van der Waals surface area contributed by atoms with Gasteiger partial charge in [-0.25, -0.2) is 4.98 Å². The fraction of sp³-hybridized carbons (Fsp3) is 0.379. The highest BCUT2D eigenvalue weighted by Gasteiger charge is 2.27. The Morgan fingerprint density at radius 2 is 1.70 bits per heavy atom. The first kappa shape index (κ1) is 27.6. The molecule has 8 heteroatoms. The Hall–Kier alpha value is -3.94. The van der Waals surface area contributed by atoms with E-state index in [0.717, 1.165) is 18.4 Å². The van der Waals surface area contributed by atoms with Gasteiger partial charge in [0.05, 0.1) is 6.33 Å². The van der Waals surface area contributed by atoms with Gasteiger partial charge in [-0.15, -0.1) is 0 Å². The summed E-state index contributed by atoms with van der Waals surface area (Å²) in [7, 11) is 3.44. The third-order valence-electron chi connectivity index (χ3n) is 5.93. The number of nitrogens with zero attached hydrogens (tertiary/aromatic N) is 3. The monoisotopic (exact) mass is 503 g/mol. The normalized spacial score (nSPS) is 12.0. The molecule has 196 valence electrons. The van der Waals surface area contributed by atoms with Crippen molar-refractivity contribution in [2.45, 2.75) is 52.6 Å². The Morgan fingerprint density at radius 3 is 2.38 bits per heavy atom. The molecule has 0 spiro atoms. The number of amides is 3. The summed E-state index contributed by atoms with van der Waals surface area (Å²) in [6.07, 6.45) is 5.46. The van der Waals surface area contributed by atoms with Crippen molar-refractivity contribution in [3.8, 4) is 0 Å². The van der Waals surface area contributed by atoms with Crippen LogP contribution in [0.2, 0.25) is 0 Å². The van der Waals surface area contributed by atoms with Crippen molar-refractivity contribution in [3.05, 3.63) is 83.8 Å². The van der Waals surface area contributed by atoms with Crippen molar-refractivity contribution < 1.29 is 14.4 Å². The largest absolute Gasteiger partial charge is 0.345 e. The lowest BCUT2D eigenvalue weighted by molar-refractivity contribution is -0.132. The average molecular weight is 504 g/mol. The van der Waals surface area contributed by atoms with E-state index in [9.17, 15) is 14.4 Å². The van der Waals surface area contributed by atoms with E-state index >= 15 is 0 Å². The Bertz CT molecular complexity index is 1210. The van der Waals surface area contributed by atoms with E-state index in [1.54, 1.807) is 37.6 Å². The van der Waals surface area contributed by atoms with E-state index in [1.165, 1.54) is 5.56 Å². The second-order valence-corrected chi connectivity index (χ2v) is 10.5. The second-order valence-electron chi connectivity index (χ2n) is 10.5. The van der Waals surface area contributed by atoms with Gasteiger partial charge >= 0.3 is 0 Å². The van der Waals surface area contributed by atoms with Crippen LogP contribution in [-0.4, -0.2) is 52.3 Å². The molecule has 8 nitrogen and oxygen atoms in total. The summed E-state index contributed by atoms with van der Waals surface area (Å²) < 4.78 is 1.84. The first-order chi connectivity index (χ1) is 17.5. The number of aromatic nitrogens is 2. The van der Waals surface area contributed by atoms with Gasteiger partial charge in [-0.3, -0.25) is 14.4 Å². The van der Waals surface area contributed by atoms with Gasteiger partial charge in [0.25, 0.3) is 5.91 Å². The lowest BCUT2D eigenvalue weighted by atomic mass is 9.94. The maximum Gasteiger partial charge on any atom is 0.253 e. The average Bonchev–Trinajstić information content (AvgIpc) is 3.29. The molecule has 0 bridgehead atoms. The number of benzene rings is 2. The molecule has 0 radical (unpaired) electrons. The first-order valence-corrected chi connectivity index (χ1v) is 12.5. The van der Waals surface area contributed by atoms with Gasteiger partial charge in [0.2, 0.25) is 11.8 Å². The van der Waals surface area contributed by atoms with Gasteiger partial charge < -0.3 is 20.1 Å². The highest BCUT2D eigenvalue weighted by Crippen LogP contribution is 2.16. The van der Waals surface area contributed by atoms with Crippen LogP contribution in [0.15, 0.2) is 67.1 Å². The SMILES string of the molecule is CN(C)C(=O)c1cccc(Cn2cnc(NC(=O)C(CCCc3ccccc3)NC(=O)C(C)(C)C)c2)c1. The third kappa shape index (κ3) is 8.31. The van der Waals surface area contributed by atoms with Crippen LogP contribution >= 0.6 is 0 Å². The predicted octanol–water partition coefficient (Wildman–Crippen LogP) is 4.13. The Kier molecular flexibility index (Phi) is 9.22. The number of aryl methyl sites for hydroxylation is 1. The molecule has 0 saturated carbocycles. The number of hydrogen-bond acceptors (Lipinski definition) is 4. The molecule has 2 aromatic carbocycles. The van der Waals surface area contributed by atoms with Crippen molar-refractivity contribution in [2.75, 3.05) is 19.4 Å². The van der Waals surface area contributed by atoms with E-state index in [0.29, 0.717) is 24.3 Å². The van der Waals surface area contributed by atoms with E-state index in [1.807, 2.05) is 61.7 Å². The number of hydrogen-bond donors (Lipinski definition) is 2. The van der Waals surface area contributed by atoms with E-state index < -0.39 is 11.5 Å². The minimum absolute atomic E-state index is 0.0592. The highest BCUT2D eigenvalue weighted by atomic mass is 16.2. The lowest BCUT2D eigenvalue weighted by Crippen LogP contribution is -2.47. The number of carbonyl (C=O) groups excluding carboxylic acids is 3. The molecule has 0 fully saturated rings. The smallest absolute Gasteiger partial charge is 0.253 e. The minimum atomic E-state index is -0.672. The van der Waals surface area contributed by atoms with Crippen LogP contribution in [0.4, 0.5) is 5.82 Å². The van der Waals surface area contributed by atoms with Crippen LogP contribution in [-0.2, 0) is 22.6 Å². The van der Waals surface area contributed by atoms with E-state index in [4.69, 9.17) is 0 Å². The summed E-state index contributed by atoms with van der Waals surface area (Å²) >= 11 is 0. The van der Waals surface area contributed by atoms with Crippen molar-refractivity contribution in [2.24, 2.45) is 5.41 Å². The molecule has 0 saturated heterocycles. The molecule has 3 aromatic rings. The topological polar surface area (TPSA) is 96.3 Å². The zero-order valence-electron chi connectivity index (χ0n) is 22.3. The summed E-state index contributed by atoms with van der Waals surface area (Å²) in [6, 6.07) is 16.8. The van der Waals surface area contributed by atoms with E-state index in [2.05, 4.69) is 27.8 Å². The number of rotatable bonds is 10. The van der Waals surface area contributed by atoms with Gasteiger partial charge in [0.15, 0.2) is 5.82 Å². The molecule has 3 amide bonds. The van der Waals surface area contributed by atoms with Gasteiger partial charge in [-0.1, -0.05) is 63.2 Å². The molecule has 1 unspecified atom stereocenters. The fourth-order valence-electron chi connectivity index (χ4n) is 3.79. The number of nitrogens with one attached hydrogen (secondary N) is 2. The fourth-order valence-corrected chi connectivity index (χ4v) is 3.79. The second kappa shape index (κ2) is 12.3. The third-order valence-corrected chi connectivity index (χ3v) is 5.93. The van der Waals surface area contributed by atoms with Crippen LogP contribution in [0.25, 0.3) is 0 Å². The predicted molar refractivity (Wildman–Crippen MR) is 145 cm³/mol. The lowest BCUT2D eigenvalue weighted by Gasteiger charge is -2.23. The molecular weight excluding hydrogens is 466 g/mol. The number of anilines is 1. The quantitative estimate of drug-likeness (QED) is 0.435. The van der Waals surface area contributed by atoms with Crippen LogP contribution in [0, 0.1) is 5.41 Å². The maximum absolute atomic E-state index is 13.2. The van der Waals surface area contributed by atoms with Gasteiger partial charge in [-0.05, 0) is 42.5 Å². The summed E-state index contributed by atoms with van der Waals surface area (Å²) in [5, 5.41) is 5.77. The summed E-state index contributed by atoms with van der Waals surface area (Å²) in [5.41, 5.74) is 2.14. The van der Waals surface area contributed by atoms with Crippen LogP contribution in [0.1, 0.15) is 55.1 Å². The molecule has 0 aliphatic heterocycles. The molecule has 1 atom stereocenters. The molecule has 0 aliphatic rings. The van der Waals surface area contributed by atoms with Crippen molar-refractivity contribution in [1.29, 1.82) is 0 Å². The van der Waals surface area contributed by atoms with Crippen molar-refractivity contribution in [1.82, 2.24) is 19.8 Å². The van der Waals surface area contributed by atoms with E-state index in [-0.39, 0.29) is 17.7 Å². The Balaban J connectivity index is 1.65. The molecule has 2 N–H and O–H groups in total. The van der Waals surface area contributed by atoms with Crippen LogP contribution < -0.4 is 10.6 Å².